The molecule has 2 aromatic carbocycles. The molecule has 170 valence electrons. The monoisotopic (exact) mass is 459 g/mol. The highest BCUT2D eigenvalue weighted by Gasteiger charge is 2.34. The number of anilines is 1. The van der Waals surface area contributed by atoms with Crippen molar-refractivity contribution >= 4 is 29.1 Å². The standard InChI is InChI=1S/C23H26ClN3O5/c1-15(22(28)25-17-13-16(24)7-8-18(17)30-2)26-9-11-27(12-10-26)23(29)21-14-31-19-5-3-4-6-20(19)32-21/h3-8,13,15,21H,9-12,14H2,1-2H3,(H,25,28)/t15-,21+/m0/s1. The number of benzene rings is 2. The van der Waals surface area contributed by atoms with E-state index in [2.05, 4.69) is 5.32 Å². The molecule has 0 aliphatic carbocycles. The fourth-order valence-electron chi connectivity index (χ4n) is 3.86. The number of ether oxygens (including phenoxy) is 3. The fourth-order valence-corrected chi connectivity index (χ4v) is 4.03. The molecule has 0 unspecified atom stereocenters. The van der Waals surface area contributed by atoms with Crippen LogP contribution in [0.3, 0.4) is 0 Å². The van der Waals surface area contributed by atoms with E-state index in [1.54, 1.807) is 29.2 Å². The highest BCUT2D eigenvalue weighted by Crippen LogP contribution is 2.31. The molecule has 4 rings (SSSR count). The van der Waals surface area contributed by atoms with Crippen LogP contribution in [0.4, 0.5) is 5.69 Å². The molecule has 9 heteroatoms. The summed E-state index contributed by atoms with van der Waals surface area (Å²) in [6, 6.07) is 12.0. The molecule has 0 saturated carbocycles. The van der Waals surface area contributed by atoms with E-state index < -0.39 is 6.10 Å². The van der Waals surface area contributed by atoms with Crippen molar-refractivity contribution < 1.29 is 23.8 Å². The number of fused-ring (bicyclic) bond motifs is 1. The number of hydrogen-bond donors (Lipinski definition) is 1. The van der Waals surface area contributed by atoms with Crippen LogP contribution in [0.25, 0.3) is 0 Å². The predicted molar refractivity (Wildman–Crippen MR) is 121 cm³/mol. The van der Waals surface area contributed by atoms with Crippen LogP contribution in [-0.2, 0) is 9.59 Å². The molecule has 2 aliphatic rings. The van der Waals surface area contributed by atoms with Crippen molar-refractivity contribution in [1.29, 1.82) is 0 Å². The molecule has 1 fully saturated rings. The van der Waals surface area contributed by atoms with Gasteiger partial charge in [-0.3, -0.25) is 14.5 Å². The van der Waals surface area contributed by atoms with Crippen LogP contribution in [0.15, 0.2) is 42.5 Å². The minimum atomic E-state index is -0.660. The average molecular weight is 460 g/mol. The smallest absolute Gasteiger partial charge is 0.267 e. The van der Waals surface area contributed by atoms with Gasteiger partial charge < -0.3 is 24.4 Å². The van der Waals surface area contributed by atoms with Crippen molar-refractivity contribution in [3.8, 4) is 17.2 Å². The summed E-state index contributed by atoms with van der Waals surface area (Å²) in [7, 11) is 1.54. The number of methoxy groups -OCH3 is 1. The van der Waals surface area contributed by atoms with Crippen LogP contribution in [0, 0.1) is 0 Å². The maximum atomic E-state index is 12.9. The Labute approximate surface area is 192 Å². The lowest BCUT2D eigenvalue weighted by Gasteiger charge is -2.39. The first-order valence-electron chi connectivity index (χ1n) is 10.5. The summed E-state index contributed by atoms with van der Waals surface area (Å²) < 4.78 is 16.8. The van der Waals surface area contributed by atoms with Gasteiger partial charge in [-0.1, -0.05) is 23.7 Å². The Hall–Kier alpha value is -2.97. The molecule has 2 amide bonds. The van der Waals surface area contributed by atoms with E-state index in [-0.39, 0.29) is 24.5 Å². The largest absolute Gasteiger partial charge is 0.495 e. The van der Waals surface area contributed by atoms with Crippen molar-refractivity contribution in [3.63, 3.8) is 0 Å². The Morgan fingerprint density at radius 2 is 1.84 bits per heavy atom. The van der Waals surface area contributed by atoms with E-state index >= 15 is 0 Å². The number of piperazine rings is 1. The lowest BCUT2D eigenvalue weighted by Crippen LogP contribution is -2.57. The first-order valence-corrected chi connectivity index (χ1v) is 10.9. The van der Waals surface area contributed by atoms with Gasteiger partial charge in [0.05, 0.1) is 18.8 Å². The second-order valence-electron chi connectivity index (χ2n) is 7.74. The fraction of sp³-hybridized carbons (Fsp3) is 0.391. The third kappa shape index (κ3) is 4.76. The van der Waals surface area contributed by atoms with Gasteiger partial charge in [0.25, 0.3) is 5.91 Å². The van der Waals surface area contributed by atoms with Gasteiger partial charge in [0.2, 0.25) is 12.0 Å². The molecular weight excluding hydrogens is 434 g/mol. The Morgan fingerprint density at radius 1 is 1.12 bits per heavy atom. The molecule has 0 aromatic heterocycles. The van der Waals surface area contributed by atoms with Gasteiger partial charge in [0.1, 0.15) is 12.4 Å². The molecule has 8 nitrogen and oxygen atoms in total. The van der Waals surface area contributed by atoms with E-state index in [1.165, 1.54) is 7.11 Å². The van der Waals surface area contributed by atoms with Crippen LogP contribution in [0.5, 0.6) is 17.2 Å². The molecular formula is C23H26ClN3O5. The summed E-state index contributed by atoms with van der Waals surface area (Å²) in [6.45, 7) is 4.22. The Morgan fingerprint density at radius 3 is 2.56 bits per heavy atom. The summed E-state index contributed by atoms with van der Waals surface area (Å²) >= 11 is 6.05. The van der Waals surface area contributed by atoms with Crippen molar-refractivity contribution in [2.24, 2.45) is 0 Å². The second kappa shape index (κ2) is 9.67. The first kappa shape index (κ1) is 22.2. The van der Waals surface area contributed by atoms with E-state index in [0.29, 0.717) is 54.1 Å². The van der Waals surface area contributed by atoms with Crippen LogP contribution in [0.2, 0.25) is 5.02 Å². The number of nitrogens with one attached hydrogen (secondary N) is 1. The third-order valence-corrected chi connectivity index (χ3v) is 5.99. The SMILES string of the molecule is COc1ccc(Cl)cc1NC(=O)[C@H](C)N1CCN(C(=O)[C@H]2COc3ccccc3O2)CC1. The number of hydrogen-bond acceptors (Lipinski definition) is 6. The highest BCUT2D eigenvalue weighted by molar-refractivity contribution is 6.31. The molecule has 2 heterocycles. The molecule has 0 radical (unpaired) electrons. The van der Waals surface area contributed by atoms with E-state index in [0.717, 1.165) is 0 Å². The molecule has 1 N–H and O–H groups in total. The zero-order chi connectivity index (χ0) is 22.7. The molecule has 0 spiro atoms. The zero-order valence-corrected chi connectivity index (χ0v) is 18.8. The number of para-hydroxylation sites is 2. The van der Waals surface area contributed by atoms with Crippen LogP contribution >= 0.6 is 11.6 Å². The predicted octanol–water partition coefficient (Wildman–Crippen LogP) is 2.66. The number of rotatable bonds is 5. The lowest BCUT2D eigenvalue weighted by molar-refractivity contribution is -0.143. The van der Waals surface area contributed by atoms with Crippen molar-refractivity contribution in [1.82, 2.24) is 9.80 Å². The quantitative estimate of drug-likeness (QED) is 0.740. The summed E-state index contributed by atoms with van der Waals surface area (Å²) in [4.78, 5) is 29.5. The van der Waals surface area contributed by atoms with Crippen LogP contribution < -0.4 is 19.5 Å². The van der Waals surface area contributed by atoms with E-state index in [4.69, 9.17) is 25.8 Å². The van der Waals surface area contributed by atoms with Crippen molar-refractivity contribution in [3.05, 3.63) is 47.5 Å². The summed E-state index contributed by atoms with van der Waals surface area (Å²) in [5.74, 6) is 1.52. The average Bonchev–Trinajstić information content (AvgIpc) is 2.83. The van der Waals surface area contributed by atoms with Gasteiger partial charge in [0.15, 0.2) is 11.5 Å². The normalized spacial score (nSPS) is 19.2. The molecule has 0 bridgehead atoms. The lowest BCUT2D eigenvalue weighted by atomic mass is 10.2. The van der Waals surface area contributed by atoms with Crippen LogP contribution in [0.1, 0.15) is 6.92 Å². The number of carbonyl (C=O) groups excluding carboxylic acids is 2. The molecule has 1 saturated heterocycles. The second-order valence-corrected chi connectivity index (χ2v) is 8.17. The topological polar surface area (TPSA) is 80.3 Å². The zero-order valence-electron chi connectivity index (χ0n) is 18.0. The minimum absolute atomic E-state index is 0.0973. The van der Waals surface area contributed by atoms with E-state index in [9.17, 15) is 9.59 Å². The third-order valence-electron chi connectivity index (χ3n) is 5.76. The van der Waals surface area contributed by atoms with E-state index in [1.807, 2.05) is 30.0 Å². The molecule has 32 heavy (non-hydrogen) atoms. The number of nitrogens with zero attached hydrogens (tertiary/aromatic N) is 2. The number of halogens is 1. The maximum absolute atomic E-state index is 12.9. The van der Waals surface area contributed by atoms with Gasteiger partial charge >= 0.3 is 0 Å². The van der Waals surface area contributed by atoms with Gasteiger partial charge in [-0.15, -0.1) is 0 Å². The Balaban J connectivity index is 1.31. The highest BCUT2D eigenvalue weighted by atomic mass is 35.5. The molecule has 2 aliphatic heterocycles. The maximum Gasteiger partial charge on any atom is 0.267 e. The summed E-state index contributed by atoms with van der Waals surface area (Å²) in [6.07, 6.45) is -0.660. The Bertz CT molecular complexity index is 993. The van der Waals surface area contributed by atoms with Crippen LogP contribution in [-0.4, -0.2) is 73.7 Å². The van der Waals surface area contributed by atoms with Gasteiger partial charge in [-0.05, 0) is 37.3 Å². The minimum Gasteiger partial charge on any atom is -0.495 e. The Kier molecular flexibility index (Phi) is 6.72. The molecule has 2 aromatic rings. The summed E-state index contributed by atoms with van der Waals surface area (Å²) in [5, 5.41) is 3.40. The summed E-state index contributed by atoms with van der Waals surface area (Å²) in [5.41, 5.74) is 0.528. The number of amides is 2. The van der Waals surface area contributed by atoms with Gasteiger partial charge in [-0.25, -0.2) is 0 Å². The first-order chi connectivity index (χ1) is 15.5. The van der Waals surface area contributed by atoms with Crippen molar-refractivity contribution in [2.75, 3.05) is 45.2 Å². The van der Waals surface area contributed by atoms with Gasteiger partial charge in [0, 0.05) is 31.2 Å². The van der Waals surface area contributed by atoms with Crippen molar-refractivity contribution in [2.45, 2.75) is 19.1 Å². The van der Waals surface area contributed by atoms with Gasteiger partial charge in [-0.2, -0.15) is 0 Å². The molecule has 2 atom stereocenters. The number of carbonyl (C=O) groups is 2.